The van der Waals surface area contributed by atoms with Gasteiger partial charge < -0.3 is 14.9 Å². The molecule has 0 saturated carbocycles. The van der Waals surface area contributed by atoms with Crippen LogP contribution in [0.3, 0.4) is 0 Å². The quantitative estimate of drug-likeness (QED) is 0.922. The summed E-state index contributed by atoms with van der Waals surface area (Å²) in [7, 11) is 0. The molecule has 3 rings (SSSR count). The maximum Gasteiger partial charge on any atom is 0.343 e. The lowest BCUT2D eigenvalue weighted by molar-refractivity contribution is 0.367. The molecule has 122 valence electrons. The summed E-state index contributed by atoms with van der Waals surface area (Å²) in [5, 5.41) is 10.0. The van der Waals surface area contributed by atoms with Crippen LogP contribution in [0.5, 0.6) is 5.75 Å². The van der Waals surface area contributed by atoms with Crippen molar-refractivity contribution in [2.75, 3.05) is 0 Å². The van der Waals surface area contributed by atoms with Gasteiger partial charge in [0.1, 0.15) is 23.2 Å². The number of allylic oxidation sites excluding steroid dienone is 1. The molecule has 0 radical (unpaired) electrons. The van der Waals surface area contributed by atoms with E-state index in [4.69, 9.17) is 26.5 Å². The van der Waals surface area contributed by atoms with Gasteiger partial charge in [0.25, 0.3) is 0 Å². The highest BCUT2D eigenvalue weighted by Gasteiger charge is 2.34. The fourth-order valence-corrected chi connectivity index (χ4v) is 2.94. The monoisotopic (exact) mass is 342 g/mol. The van der Waals surface area contributed by atoms with Crippen molar-refractivity contribution in [2.24, 2.45) is 5.73 Å². The topological polar surface area (TPSA) is 89.2 Å². The van der Waals surface area contributed by atoms with Crippen molar-refractivity contribution in [3.63, 3.8) is 0 Å². The zero-order chi connectivity index (χ0) is 17.3. The summed E-state index contributed by atoms with van der Waals surface area (Å²) >= 11 is 5.93. The van der Waals surface area contributed by atoms with E-state index in [1.54, 1.807) is 30.3 Å². The van der Waals surface area contributed by atoms with Crippen LogP contribution < -0.4 is 16.1 Å². The highest BCUT2D eigenvalue weighted by atomic mass is 35.5. The Kier molecular flexibility index (Phi) is 4.32. The lowest BCUT2D eigenvalue weighted by Gasteiger charge is -2.25. The Bertz CT molecular complexity index is 907. The molecule has 1 aliphatic rings. The van der Waals surface area contributed by atoms with Crippen molar-refractivity contribution in [1.29, 1.82) is 5.26 Å². The Hall–Kier alpha value is -2.71. The van der Waals surface area contributed by atoms with E-state index in [2.05, 4.69) is 0 Å². The van der Waals surface area contributed by atoms with E-state index < -0.39 is 11.5 Å². The molecule has 2 N–H and O–H groups in total. The number of aryl methyl sites for hydroxylation is 1. The van der Waals surface area contributed by atoms with Gasteiger partial charge in [0, 0.05) is 17.5 Å². The fraction of sp³-hybridized carbons (Fsp3) is 0.222. The normalized spacial score (nSPS) is 16.3. The zero-order valence-electron chi connectivity index (χ0n) is 13.0. The second kappa shape index (κ2) is 6.42. The summed E-state index contributed by atoms with van der Waals surface area (Å²) in [6, 6.07) is 10.6. The van der Waals surface area contributed by atoms with Crippen LogP contribution in [0, 0.1) is 11.3 Å². The van der Waals surface area contributed by atoms with E-state index >= 15 is 0 Å². The first kappa shape index (κ1) is 16.2. The maximum atomic E-state index is 12.5. The highest BCUT2D eigenvalue weighted by Crippen LogP contribution is 2.40. The van der Waals surface area contributed by atoms with Gasteiger partial charge in [-0.2, -0.15) is 5.26 Å². The first-order valence-electron chi connectivity index (χ1n) is 7.55. The van der Waals surface area contributed by atoms with Crippen molar-refractivity contribution < 1.29 is 9.15 Å². The van der Waals surface area contributed by atoms with Gasteiger partial charge in [0.05, 0.1) is 11.5 Å². The van der Waals surface area contributed by atoms with Crippen LogP contribution in [0.15, 0.2) is 51.0 Å². The maximum absolute atomic E-state index is 12.5. The van der Waals surface area contributed by atoms with Crippen molar-refractivity contribution in [3.8, 4) is 11.8 Å². The zero-order valence-corrected chi connectivity index (χ0v) is 13.8. The summed E-state index contributed by atoms with van der Waals surface area (Å²) in [5.74, 6) is 0.233. The molecule has 0 bridgehead atoms. The van der Waals surface area contributed by atoms with Gasteiger partial charge in [-0.1, -0.05) is 30.7 Å². The molecule has 1 aromatic heterocycles. The molecule has 1 aromatic carbocycles. The smallest absolute Gasteiger partial charge is 0.343 e. The average Bonchev–Trinajstić information content (AvgIpc) is 2.54. The van der Waals surface area contributed by atoms with Crippen LogP contribution in [0.1, 0.15) is 36.1 Å². The van der Waals surface area contributed by atoms with Gasteiger partial charge in [0.2, 0.25) is 5.88 Å². The molecule has 1 unspecified atom stereocenters. The van der Waals surface area contributed by atoms with E-state index in [0.29, 0.717) is 23.0 Å². The minimum Gasteiger partial charge on any atom is -0.440 e. The summed E-state index contributed by atoms with van der Waals surface area (Å²) in [5.41, 5.74) is 6.58. The third kappa shape index (κ3) is 2.77. The number of nitriles is 1. The van der Waals surface area contributed by atoms with Gasteiger partial charge in [0.15, 0.2) is 0 Å². The Balaban J connectivity index is 2.23. The first-order valence-corrected chi connectivity index (χ1v) is 7.93. The second-order valence-corrected chi connectivity index (χ2v) is 5.94. The Morgan fingerprint density at radius 2 is 2.04 bits per heavy atom. The first-order chi connectivity index (χ1) is 11.5. The minimum absolute atomic E-state index is 0.00185. The van der Waals surface area contributed by atoms with E-state index in [1.807, 2.05) is 13.0 Å². The molecule has 1 atom stereocenters. The number of benzene rings is 1. The number of nitrogens with two attached hydrogens (primary N) is 1. The third-order valence-corrected chi connectivity index (χ3v) is 4.14. The van der Waals surface area contributed by atoms with E-state index in [0.717, 1.165) is 12.0 Å². The lowest BCUT2D eigenvalue weighted by Crippen LogP contribution is -2.26. The summed E-state index contributed by atoms with van der Waals surface area (Å²) in [4.78, 5) is 12.5. The standard InChI is InChI=1S/C18H15ClN2O3/c1-2-3-12-8-14-16(18(22)23-12)15(13(9-20)17(21)24-14)10-4-6-11(19)7-5-10/h4-8,15H,2-3,21H2,1H3. The molecule has 6 heteroatoms. The lowest BCUT2D eigenvalue weighted by atomic mass is 9.84. The molecular formula is C18H15ClN2O3. The number of fused-ring (bicyclic) bond motifs is 1. The largest absolute Gasteiger partial charge is 0.440 e. The Morgan fingerprint density at radius 3 is 2.67 bits per heavy atom. The number of ether oxygens (including phenoxy) is 1. The molecule has 0 amide bonds. The Labute approximate surface area is 143 Å². The van der Waals surface area contributed by atoms with Gasteiger partial charge in [-0.3, -0.25) is 0 Å². The molecule has 24 heavy (non-hydrogen) atoms. The summed E-state index contributed by atoms with van der Waals surface area (Å²) < 4.78 is 10.9. The Morgan fingerprint density at radius 1 is 1.33 bits per heavy atom. The molecule has 2 heterocycles. The van der Waals surface area contributed by atoms with Crippen LogP contribution in [-0.4, -0.2) is 0 Å². The van der Waals surface area contributed by atoms with Crippen LogP contribution in [0.2, 0.25) is 5.02 Å². The molecule has 0 aliphatic carbocycles. The molecule has 1 aliphatic heterocycles. The molecule has 0 fully saturated rings. The molecular weight excluding hydrogens is 328 g/mol. The molecule has 0 spiro atoms. The molecule has 2 aromatic rings. The van der Waals surface area contributed by atoms with Gasteiger partial charge >= 0.3 is 5.63 Å². The number of hydrogen-bond donors (Lipinski definition) is 1. The molecule has 0 saturated heterocycles. The predicted molar refractivity (Wildman–Crippen MR) is 89.7 cm³/mol. The van der Waals surface area contributed by atoms with Crippen molar-refractivity contribution in [1.82, 2.24) is 0 Å². The fourth-order valence-electron chi connectivity index (χ4n) is 2.81. The number of nitrogens with zero attached hydrogens (tertiary/aromatic N) is 1. The van der Waals surface area contributed by atoms with Crippen LogP contribution in [-0.2, 0) is 6.42 Å². The number of hydrogen-bond acceptors (Lipinski definition) is 5. The SMILES string of the molecule is CCCc1cc2c(c(=O)o1)C(c1ccc(Cl)cc1)C(C#N)=C(N)O2. The second-order valence-electron chi connectivity index (χ2n) is 5.50. The van der Waals surface area contributed by atoms with Crippen LogP contribution >= 0.6 is 11.6 Å². The molecule has 5 nitrogen and oxygen atoms in total. The minimum atomic E-state index is -0.636. The number of halogens is 1. The summed E-state index contributed by atoms with van der Waals surface area (Å²) in [6.45, 7) is 1.98. The van der Waals surface area contributed by atoms with Gasteiger partial charge in [-0.15, -0.1) is 0 Å². The number of rotatable bonds is 3. The van der Waals surface area contributed by atoms with E-state index in [1.165, 1.54) is 0 Å². The van der Waals surface area contributed by atoms with Crippen molar-refractivity contribution in [3.05, 3.63) is 74.1 Å². The van der Waals surface area contributed by atoms with Gasteiger partial charge in [-0.05, 0) is 24.1 Å². The van der Waals surface area contributed by atoms with Gasteiger partial charge in [-0.25, -0.2) is 4.79 Å². The average molecular weight is 343 g/mol. The van der Waals surface area contributed by atoms with E-state index in [9.17, 15) is 10.1 Å². The predicted octanol–water partition coefficient (Wildman–Crippen LogP) is 3.46. The van der Waals surface area contributed by atoms with Crippen molar-refractivity contribution in [2.45, 2.75) is 25.7 Å². The van der Waals surface area contributed by atoms with Crippen LogP contribution in [0.4, 0.5) is 0 Å². The van der Waals surface area contributed by atoms with Crippen molar-refractivity contribution >= 4 is 11.6 Å². The highest BCUT2D eigenvalue weighted by molar-refractivity contribution is 6.30. The van der Waals surface area contributed by atoms with Crippen LogP contribution in [0.25, 0.3) is 0 Å². The summed E-state index contributed by atoms with van der Waals surface area (Å²) in [6.07, 6.45) is 1.45. The van der Waals surface area contributed by atoms with E-state index in [-0.39, 0.29) is 17.0 Å². The third-order valence-electron chi connectivity index (χ3n) is 3.88.